The smallest absolute Gasteiger partial charge is 0.277 e. The monoisotopic (exact) mass is 318 g/mol. The van der Waals surface area contributed by atoms with Crippen molar-refractivity contribution in [2.75, 3.05) is 5.32 Å². The molecule has 2 aromatic heterocycles. The summed E-state index contributed by atoms with van der Waals surface area (Å²) >= 11 is 0. The molecule has 118 valence electrons. The Morgan fingerprint density at radius 3 is 2.71 bits per heavy atom. The lowest BCUT2D eigenvalue weighted by atomic mass is 10.1. The summed E-state index contributed by atoms with van der Waals surface area (Å²) in [6.45, 7) is 1.74. The molecule has 0 atom stereocenters. The number of aromatic amines is 1. The highest BCUT2D eigenvalue weighted by Crippen LogP contribution is 2.27. The van der Waals surface area contributed by atoms with Crippen LogP contribution in [0.25, 0.3) is 22.4 Å². The second-order valence-electron chi connectivity index (χ2n) is 5.43. The zero-order valence-electron chi connectivity index (χ0n) is 12.9. The molecular weight excluding hydrogens is 304 g/mol. The first-order valence-corrected chi connectivity index (χ1v) is 7.49. The number of nitrogens with one attached hydrogen (secondary N) is 2. The zero-order chi connectivity index (χ0) is 16.5. The SMILES string of the molecule is Cc1cc(C(=O)Nc2ccccc2-c2nc3ccccc3[nH]2)no1. The Morgan fingerprint density at radius 1 is 1.12 bits per heavy atom. The van der Waals surface area contributed by atoms with Gasteiger partial charge in [0.1, 0.15) is 11.6 Å². The molecule has 6 heteroatoms. The van der Waals surface area contributed by atoms with E-state index < -0.39 is 0 Å². The van der Waals surface area contributed by atoms with Gasteiger partial charge in [0.05, 0.1) is 16.7 Å². The van der Waals surface area contributed by atoms with Crippen LogP contribution in [0.3, 0.4) is 0 Å². The minimum atomic E-state index is -0.324. The van der Waals surface area contributed by atoms with E-state index in [0.717, 1.165) is 16.6 Å². The normalized spacial score (nSPS) is 10.9. The molecule has 0 saturated heterocycles. The number of imidazole rings is 1. The number of amides is 1. The maximum absolute atomic E-state index is 12.3. The molecule has 0 spiro atoms. The van der Waals surface area contributed by atoms with Crippen molar-refractivity contribution in [1.29, 1.82) is 0 Å². The Morgan fingerprint density at radius 2 is 1.92 bits per heavy atom. The third-order valence-electron chi connectivity index (χ3n) is 3.68. The summed E-state index contributed by atoms with van der Waals surface area (Å²) in [4.78, 5) is 20.2. The Bertz CT molecular complexity index is 999. The van der Waals surface area contributed by atoms with E-state index >= 15 is 0 Å². The molecule has 24 heavy (non-hydrogen) atoms. The van der Waals surface area contributed by atoms with Gasteiger partial charge in [0.25, 0.3) is 5.91 Å². The van der Waals surface area contributed by atoms with Crippen LogP contribution in [0.4, 0.5) is 5.69 Å². The van der Waals surface area contributed by atoms with Crippen LogP contribution in [0.5, 0.6) is 0 Å². The highest BCUT2D eigenvalue weighted by molar-refractivity contribution is 6.05. The second kappa shape index (κ2) is 5.66. The average Bonchev–Trinajstić information content (AvgIpc) is 3.21. The number of nitrogens with zero attached hydrogens (tertiary/aromatic N) is 2. The van der Waals surface area contributed by atoms with Gasteiger partial charge in [-0.3, -0.25) is 4.79 Å². The van der Waals surface area contributed by atoms with Crippen LogP contribution < -0.4 is 5.32 Å². The van der Waals surface area contributed by atoms with Crippen molar-refractivity contribution < 1.29 is 9.32 Å². The maximum Gasteiger partial charge on any atom is 0.277 e. The number of benzene rings is 2. The summed E-state index contributed by atoms with van der Waals surface area (Å²) in [6.07, 6.45) is 0. The quantitative estimate of drug-likeness (QED) is 0.602. The first kappa shape index (κ1) is 14.2. The lowest BCUT2D eigenvalue weighted by molar-refractivity contribution is 0.101. The van der Waals surface area contributed by atoms with Crippen molar-refractivity contribution in [1.82, 2.24) is 15.1 Å². The first-order valence-electron chi connectivity index (χ1n) is 7.49. The molecule has 6 nitrogen and oxygen atoms in total. The number of anilines is 1. The highest BCUT2D eigenvalue weighted by atomic mass is 16.5. The molecule has 0 unspecified atom stereocenters. The second-order valence-corrected chi connectivity index (χ2v) is 5.43. The number of aryl methyl sites for hydroxylation is 1. The zero-order valence-corrected chi connectivity index (χ0v) is 12.9. The number of fused-ring (bicyclic) bond motifs is 1. The van der Waals surface area contributed by atoms with E-state index in [1.54, 1.807) is 13.0 Å². The summed E-state index contributed by atoms with van der Waals surface area (Å²) in [6, 6.07) is 16.9. The van der Waals surface area contributed by atoms with Crippen LogP contribution in [0.15, 0.2) is 59.1 Å². The molecule has 0 saturated carbocycles. The van der Waals surface area contributed by atoms with Gasteiger partial charge in [-0.25, -0.2) is 4.98 Å². The molecule has 0 aliphatic rings. The molecule has 2 N–H and O–H groups in total. The van der Waals surface area contributed by atoms with Gasteiger partial charge in [-0.05, 0) is 31.2 Å². The van der Waals surface area contributed by atoms with E-state index in [-0.39, 0.29) is 11.6 Å². The number of rotatable bonds is 3. The van der Waals surface area contributed by atoms with Crippen molar-refractivity contribution in [3.8, 4) is 11.4 Å². The molecule has 2 aromatic carbocycles. The predicted octanol–water partition coefficient (Wildman–Crippen LogP) is 3.78. The van der Waals surface area contributed by atoms with Gasteiger partial charge >= 0.3 is 0 Å². The third-order valence-corrected chi connectivity index (χ3v) is 3.68. The predicted molar refractivity (Wildman–Crippen MR) is 90.7 cm³/mol. The number of para-hydroxylation sites is 3. The van der Waals surface area contributed by atoms with E-state index in [2.05, 4.69) is 20.4 Å². The fourth-order valence-corrected chi connectivity index (χ4v) is 2.54. The molecule has 0 bridgehead atoms. The number of H-pyrrole nitrogens is 1. The lowest BCUT2D eigenvalue weighted by Crippen LogP contribution is -2.13. The van der Waals surface area contributed by atoms with Crippen molar-refractivity contribution in [2.24, 2.45) is 0 Å². The Balaban J connectivity index is 1.71. The van der Waals surface area contributed by atoms with Crippen molar-refractivity contribution in [3.63, 3.8) is 0 Å². The fourth-order valence-electron chi connectivity index (χ4n) is 2.54. The molecule has 4 rings (SSSR count). The topological polar surface area (TPSA) is 83.8 Å². The minimum absolute atomic E-state index is 0.243. The molecule has 0 radical (unpaired) electrons. The summed E-state index contributed by atoms with van der Waals surface area (Å²) in [7, 11) is 0. The van der Waals surface area contributed by atoms with Gasteiger partial charge in [0.15, 0.2) is 5.69 Å². The van der Waals surface area contributed by atoms with Gasteiger partial charge in [-0.1, -0.05) is 29.4 Å². The molecule has 0 aliphatic carbocycles. The Kier molecular flexibility index (Phi) is 3.35. The van der Waals surface area contributed by atoms with Crippen LogP contribution in [-0.4, -0.2) is 21.0 Å². The number of hydrogen-bond acceptors (Lipinski definition) is 4. The van der Waals surface area contributed by atoms with Crippen LogP contribution in [0.1, 0.15) is 16.2 Å². The first-order chi connectivity index (χ1) is 11.7. The largest absolute Gasteiger partial charge is 0.361 e. The van der Waals surface area contributed by atoms with Crippen LogP contribution in [0, 0.1) is 6.92 Å². The summed E-state index contributed by atoms with van der Waals surface area (Å²) in [5.41, 5.74) is 3.53. The van der Waals surface area contributed by atoms with E-state index in [0.29, 0.717) is 17.3 Å². The number of aromatic nitrogens is 3. The number of carbonyl (C=O) groups excluding carboxylic acids is 1. The number of hydrogen-bond donors (Lipinski definition) is 2. The van der Waals surface area contributed by atoms with Crippen LogP contribution in [-0.2, 0) is 0 Å². The Labute approximate surface area is 137 Å². The molecule has 0 fully saturated rings. The molecule has 2 heterocycles. The molecule has 4 aromatic rings. The van der Waals surface area contributed by atoms with Crippen molar-refractivity contribution in [3.05, 3.63) is 66.1 Å². The summed E-state index contributed by atoms with van der Waals surface area (Å²) in [5, 5.41) is 6.60. The van der Waals surface area contributed by atoms with Gasteiger partial charge in [0, 0.05) is 11.6 Å². The van der Waals surface area contributed by atoms with Crippen LogP contribution >= 0.6 is 0 Å². The van der Waals surface area contributed by atoms with E-state index in [1.165, 1.54) is 0 Å². The average molecular weight is 318 g/mol. The van der Waals surface area contributed by atoms with Gasteiger partial charge in [0.2, 0.25) is 0 Å². The maximum atomic E-state index is 12.3. The number of carbonyl (C=O) groups is 1. The molecule has 1 amide bonds. The molecule has 0 aliphatic heterocycles. The van der Waals surface area contributed by atoms with Crippen molar-refractivity contribution in [2.45, 2.75) is 6.92 Å². The third kappa shape index (κ3) is 2.54. The fraction of sp³-hybridized carbons (Fsp3) is 0.0556. The van der Waals surface area contributed by atoms with E-state index in [1.807, 2.05) is 48.5 Å². The van der Waals surface area contributed by atoms with Gasteiger partial charge in [-0.2, -0.15) is 0 Å². The minimum Gasteiger partial charge on any atom is -0.361 e. The Hall–Kier alpha value is -3.41. The van der Waals surface area contributed by atoms with Gasteiger partial charge in [-0.15, -0.1) is 0 Å². The molecular formula is C18H14N4O2. The van der Waals surface area contributed by atoms with E-state index in [4.69, 9.17) is 4.52 Å². The van der Waals surface area contributed by atoms with Crippen molar-refractivity contribution >= 4 is 22.6 Å². The van der Waals surface area contributed by atoms with E-state index in [9.17, 15) is 4.79 Å². The standard InChI is InChI=1S/C18H14N4O2/c1-11-10-16(22-24-11)18(23)21-13-7-3-2-6-12(13)17-19-14-8-4-5-9-15(14)20-17/h2-10H,1H3,(H,19,20)(H,21,23). The lowest BCUT2D eigenvalue weighted by Gasteiger charge is -2.07. The highest BCUT2D eigenvalue weighted by Gasteiger charge is 2.15. The summed E-state index contributed by atoms with van der Waals surface area (Å²) in [5.74, 6) is 0.963. The summed E-state index contributed by atoms with van der Waals surface area (Å²) < 4.78 is 4.95. The van der Waals surface area contributed by atoms with Crippen LogP contribution in [0.2, 0.25) is 0 Å². The van der Waals surface area contributed by atoms with Gasteiger partial charge < -0.3 is 14.8 Å².